The third-order valence-electron chi connectivity index (χ3n) is 6.55. The Balaban J connectivity index is 1.63. The number of hydrogen-bond acceptors (Lipinski definition) is 7. The van der Waals surface area contributed by atoms with Crippen molar-refractivity contribution in [2.75, 3.05) is 16.8 Å². The second-order valence-electron chi connectivity index (χ2n) is 9.60. The van der Waals surface area contributed by atoms with Gasteiger partial charge >= 0.3 is 11.4 Å². The molecule has 0 spiro atoms. The van der Waals surface area contributed by atoms with Crippen LogP contribution in [-0.4, -0.2) is 34.8 Å². The van der Waals surface area contributed by atoms with E-state index in [1.807, 2.05) is 19.9 Å². The van der Waals surface area contributed by atoms with Gasteiger partial charge in [0.25, 0.3) is 0 Å². The molecule has 1 fully saturated rings. The minimum absolute atomic E-state index is 0.0457. The summed E-state index contributed by atoms with van der Waals surface area (Å²) in [6, 6.07) is 10.1. The number of aryl methyl sites for hydroxylation is 2. The van der Waals surface area contributed by atoms with Crippen LogP contribution in [0.2, 0.25) is 15.1 Å². The minimum atomic E-state index is -2.37. The first kappa shape index (κ1) is 28.4. The summed E-state index contributed by atoms with van der Waals surface area (Å²) in [5.41, 5.74) is 1.90. The Morgan fingerprint density at radius 1 is 1.00 bits per heavy atom. The number of pyridine rings is 1. The number of benzene rings is 2. The van der Waals surface area contributed by atoms with Crippen molar-refractivity contribution >= 4 is 61.9 Å². The van der Waals surface area contributed by atoms with Gasteiger partial charge in [-0.25, -0.2) is 18.4 Å². The molecule has 0 unspecified atom stereocenters. The molecule has 1 aliphatic rings. The van der Waals surface area contributed by atoms with E-state index in [1.165, 1.54) is 22.9 Å². The highest BCUT2D eigenvalue weighted by molar-refractivity contribution is 7.93. The van der Waals surface area contributed by atoms with Gasteiger partial charge in [0.05, 0.1) is 49.6 Å². The Morgan fingerprint density at radius 2 is 1.75 bits per heavy atom. The van der Waals surface area contributed by atoms with Crippen molar-refractivity contribution in [2.45, 2.75) is 33.2 Å². The summed E-state index contributed by atoms with van der Waals surface area (Å²) in [4.78, 5) is 35.3. The highest BCUT2D eigenvalue weighted by Gasteiger charge is 2.20. The van der Waals surface area contributed by atoms with E-state index < -0.39 is 21.1 Å². The van der Waals surface area contributed by atoms with Crippen molar-refractivity contribution in [3.05, 3.63) is 102 Å². The van der Waals surface area contributed by atoms with Gasteiger partial charge in [-0.15, -0.1) is 0 Å². The minimum Gasteiger partial charge on any atom is -0.324 e. The van der Waals surface area contributed by atoms with Gasteiger partial charge in [-0.05, 0) is 73.7 Å². The van der Waals surface area contributed by atoms with Crippen LogP contribution in [0.1, 0.15) is 29.5 Å². The molecule has 40 heavy (non-hydrogen) atoms. The van der Waals surface area contributed by atoms with Gasteiger partial charge in [0.1, 0.15) is 0 Å². The summed E-state index contributed by atoms with van der Waals surface area (Å²) < 4.78 is 19.6. The number of anilines is 2. The molecule has 0 aliphatic carbocycles. The lowest BCUT2D eigenvalue weighted by Gasteiger charge is -2.18. The number of halogens is 3. The van der Waals surface area contributed by atoms with Crippen LogP contribution in [-0.2, 0) is 16.3 Å². The summed E-state index contributed by atoms with van der Waals surface area (Å²) in [5, 5.41) is 3.93. The molecule has 2 aromatic heterocycles. The average Bonchev–Trinajstić information content (AvgIpc) is 3.32. The second-order valence-corrected chi connectivity index (χ2v) is 13.4. The summed E-state index contributed by atoms with van der Waals surface area (Å²) in [6.45, 7) is 3.76. The molecular weight excluding hydrogens is 595 g/mol. The number of hydrogen-bond donors (Lipinski definition) is 1. The van der Waals surface area contributed by atoms with E-state index in [9.17, 15) is 13.8 Å². The normalized spacial score (nSPS) is 14.3. The Bertz CT molecular complexity index is 1870. The molecule has 0 saturated carbocycles. The monoisotopic (exact) mass is 618 g/mol. The smallest absolute Gasteiger partial charge is 0.324 e. The van der Waals surface area contributed by atoms with E-state index in [0.717, 1.165) is 34.1 Å². The molecule has 1 saturated heterocycles. The van der Waals surface area contributed by atoms with Gasteiger partial charge in [-0.1, -0.05) is 40.9 Å². The molecule has 9 nitrogen and oxygen atoms in total. The standard InChI is InChI=1S/C27H25Cl3N6O3S/c1-16-9-20(14-31-13-16)36-26(37)33-25(35(27(36)38)15-18-10-19(28)6-5-17(18)2)32-23-11-22(30)24(12-21(23)29)34-40(39)7-3-4-8-40/h5-6,9-14H,3-4,7-8,15H2,1-2H3,(H,32,33,37). The van der Waals surface area contributed by atoms with Crippen LogP contribution in [0.5, 0.6) is 0 Å². The van der Waals surface area contributed by atoms with Crippen LogP contribution in [0.4, 0.5) is 17.3 Å². The van der Waals surface area contributed by atoms with Crippen LogP contribution in [0.3, 0.4) is 0 Å². The maximum Gasteiger partial charge on any atom is 0.359 e. The fourth-order valence-electron chi connectivity index (χ4n) is 4.45. The molecule has 0 radical (unpaired) electrons. The van der Waals surface area contributed by atoms with E-state index in [-0.39, 0.29) is 22.5 Å². The second kappa shape index (κ2) is 11.4. The summed E-state index contributed by atoms with van der Waals surface area (Å²) >= 11 is 19.3. The third-order valence-corrected chi connectivity index (χ3v) is 9.79. The number of aromatic nitrogens is 4. The molecule has 1 N–H and O–H groups in total. The van der Waals surface area contributed by atoms with E-state index >= 15 is 0 Å². The average molecular weight is 620 g/mol. The van der Waals surface area contributed by atoms with Crippen LogP contribution in [0.15, 0.2) is 62.7 Å². The predicted octanol–water partition coefficient (Wildman–Crippen LogP) is 6.05. The number of nitrogens with one attached hydrogen (secondary N) is 1. The number of nitrogens with zero attached hydrogens (tertiary/aromatic N) is 5. The van der Waals surface area contributed by atoms with Crippen LogP contribution >= 0.6 is 34.8 Å². The maximum absolute atomic E-state index is 13.8. The van der Waals surface area contributed by atoms with E-state index in [0.29, 0.717) is 33.6 Å². The Morgan fingerprint density at radius 3 is 2.48 bits per heavy atom. The lowest BCUT2D eigenvalue weighted by molar-refractivity contribution is 0.655. The Hall–Kier alpha value is -3.18. The lowest BCUT2D eigenvalue weighted by atomic mass is 10.1. The largest absolute Gasteiger partial charge is 0.359 e. The summed E-state index contributed by atoms with van der Waals surface area (Å²) in [5.74, 6) is 0.996. The highest BCUT2D eigenvalue weighted by atomic mass is 35.5. The fraction of sp³-hybridized carbons (Fsp3) is 0.259. The van der Waals surface area contributed by atoms with Gasteiger partial charge in [-0.2, -0.15) is 9.35 Å². The molecule has 0 bridgehead atoms. The third kappa shape index (κ3) is 5.95. The Labute approximate surface area is 246 Å². The van der Waals surface area contributed by atoms with Crippen molar-refractivity contribution in [3.8, 4) is 5.69 Å². The van der Waals surface area contributed by atoms with Gasteiger partial charge in [0.2, 0.25) is 5.95 Å². The molecule has 3 heterocycles. The quantitative estimate of drug-likeness (QED) is 0.281. The topological polar surface area (TPSA) is 111 Å². The molecule has 2 aromatic carbocycles. The van der Waals surface area contributed by atoms with E-state index in [1.54, 1.807) is 24.4 Å². The molecule has 0 amide bonds. The first-order chi connectivity index (χ1) is 19.0. The lowest BCUT2D eigenvalue weighted by Crippen LogP contribution is -2.42. The SMILES string of the molecule is Cc1cncc(-n2c(=O)nc(Nc3cc(Cl)c(N=S4(=O)CCCC4)cc3Cl)n(Cc3cc(Cl)ccc3C)c2=O)c1. The zero-order valence-corrected chi connectivity index (χ0v) is 24.7. The van der Waals surface area contributed by atoms with Gasteiger partial charge in [0.15, 0.2) is 0 Å². The molecular formula is C27H25Cl3N6O3S. The van der Waals surface area contributed by atoms with Gasteiger partial charge < -0.3 is 5.32 Å². The predicted molar refractivity (Wildman–Crippen MR) is 161 cm³/mol. The van der Waals surface area contributed by atoms with Gasteiger partial charge in [0, 0.05) is 22.7 Å². The molecule has 1 aliphatic heterocycles. The van der Waals surface area contributed by atoms with Crippen LogP contribution < -0.4 is 16.7 Å². The zero-order chi connectivity index (χ0) is 28.6. The summed E-state index contributed by atoms with van der Waals surface area (Å²) in [6.07, 6.45) is 4.75. The van der Waals surface area contributed by atoms with Crippen molar-refractivity contribution in [1.29, 1.82) is 0 Å². The van der Waals surface area contributed by atoms with Crippen molar-refractivity contribution in [1.82, 2.24) is 19.1 Å². The van der Waals surface area contributed by atoms with E-state index in [2.05, 4.69) is 19.6 Å². The van der Waals surface area contributed by atoms with E-state index in [4.69, 9.17) is 34.8 Å². The first-order valence-electron chi connectivity index (χ1n) is 12.4. The fourth-order valence-corrected chi connectivity index (χ4v) is 7.31. The van der Waals surface area contributed by atoms with Crippen molar-refractivity contribution in [3.63, 3.8) is 0 Å². The highest BCUT2D eigenvalue weighted by Crippen LogP contribution is 2.37. The molecule has 5 rings (SSSR count). The van der Waals surface area contributed by atoms with Crippen LogP contribution in [0.25, 0.3) is 5.69 Å². The molecule has 0 atom stereocenters. The molecule has 208 valence electrons. The number of rotatable bonds is 6. The van der Waals surface area contributed by atoms with Crippen LogP contribution in [0, 0.1) is 13.8 Å². The zero-order valence-electron chi connectivity index (χ0n) is 21.7. The molecule has 13 heteroatoms. The molecule has 4 aromatic rings. The Kier molecular flexibility index (Phi) is 8.05. The maximum atomic E-state index is 13.8. The van der Waals surface area contributed by atoms with Crippen molar-refractivity contribution < 1.29 is 4.21 Å². The van der Waals surface area contributed by atoms with Crippen molar-refractivity contribution in [2.24, 2.45) is 4.36 Å². The summed E-state index contributed by atoms with van der Waals surface area (Å²) in [7, 11) is -2.37. The van der Waals surface area contributed by atoms with Gasteiger partial charge in [-0.3, -0.25) is 9.55 Å². The first-order valence-corrected chi connectivity index (χ1v) is 15.4.